The molecule has 1 aliphatic heterocycles. The Balaban J connectivity index is 1.94. The number of hydrogen-bond acceptors (Lipinski definition) is 2. The minimum Gasteiger partial charge on any atom is -0.381 e. The normalized spacial score (nSPS) is 20.1. The summed E-state index contributed by atoms with van der Waals surface area (Å²) in [5, 5.41) is 2.55. The average molecular weight is 255 g/mol. The van der Waals surface area contributed by atoms with Crippen LogP contribution in [-0.2, 0) is 4.74 Å². The van der Waals surface area contributed by atoms with E-state index in [9.17, 15) is 8.78 Å². The molecular formula is C12H15F2N3O. The van der Waals surface area contributed by atoms with Crippen LogP contribution in [0.1, 0.15) is 6.42 Å². The smallest absolute Gasteiger partial charge is 0.193 e. The molecule has 98 valence electrons. The molecule has 18 heavy (non-hydrogen) atoms. The van der Waals surface area contributed by atoms with E-state index in [1.807, 2.05) is 0 Å². The Kier molecular flexibility index (Phi) is 4.09. The molecule has 1 aromatic rings. The van der Waals surface area contributed by atoms with Crippen LogP contribution in [0.5, 0.6) is 0 Å². The Hall–Kier alpha value is -1.69. The summed E-state index contributed by atoms with van der Waals surface area (Å²) in [7, 11) is 0. The first-order valence-corrected chi connectivity index (χ1v) is 5.75. The molecule has 1 unspecified atom stereocenters. The summed E-state index contributed by atoms with van der Waals surface area (Å²) < 4.78 is 31.4. The van der Waals surface area contributed by atoms with Crippen LogP contribution in [0, 0.1) is 17.6 Å². The number of guanidine groups is 1. The van der Waals surface area contributed by atoms with Gasteiger partial charge in [0.2, 0.25) is 0 Å². The molecule has 1 aliphatic rings. The first-order chi connectivity index (χ1) is 8.65. The Labute approximate surface area is 104 Å². The fourth-order valence-electron chi connectivity index (χ4n) is 1.73. The molecule has 1 heterocycles. The highest BCUT2D eigenvalue weighted by Gasteiger charge is 2.15. The van der Waals surface area contributed by atoms with E-state index in [2.05, 4.69) is 10.3 Å². The van der Waals surface area contributed by atoms with Crippen LogP contribution in [0.4, 0.5) is 14.5 Å². The van der Waals surface area contributed by atoms with Gasteiger partial charge in [0, 0.05) is 25.1 Å². The minimum atomic E-state index is -0.571. The molecule has 0 aliphatic carbocycles. The summed E-state index contributed by atoms with van der Waals surface area (Å²) >= 11 is 0. The molecule has 0 amide bonds. The molecule has 1 atom stereocenters. The zero-order valence-corrected chi connectivity index (χ0v) is 9.83. The average Bonchev–Trinajstić information content (AvgIpc) is 2.84. The van der Waals surface area contributed by atoms with Crippen molar-refractivity contribution in [2.24, 2.45) is 16.6 Å². The van der Waals surface area contributed by atoms with Gasteiger partial charge in [-0.25, -0.2) is 8.78 Å². The SMILES string of the molecule is NC(=NCC1CCOC1)Nc1cc(F)ccc1F. The second kappa shape index (κ2) is 5.77. The van der Waals surface area contributed by atoms with Crippen molar-refractivity contribution in [2.45, 2.75) is 6.42 Å². The van der Waals surface area contributed by atoms with E-state index in [0.29, 0.717) is 19.1 Å². The third kappa shape index (κ3) is 3.40. The first kappa shape index (κ1) is 12.8. The van der Waals surface area contributed by atoms with Crippen LogP contribution in [0.15, 0.2) is 23.2 Å². The molecule has 4 nitrogen and oxygen atoms in total. The topological polar surface area (TPSA) is 59.6 Å². The highest BCUT2D eigenvalue weighted by atomic mass is 19.1. The number of benzene rings is 1. The summed E-state index contributed by atoms with van der Waals surface area (Å²) in [5.41, 5.74) is 5.60. The fourth-order valence-corrected chi connectivity index (χ4v) is 1.73. The van der Waals surface area contributed by atoms with Gasteiger partial charge in [-0.15, -0.1) is 0 Å². The van der Waals surface area contributed by atoms with Gasteiger partial charge in [0.25, 0.3) is 0 Å². The summed E-state index contributed by atoms with van der Waals surface area (Å²) in [5.74, 6) is -0.677. The Morgan fingerprint density at radius 2 is 2.33 bits per heavy atom. The van der Waals surface area contributed by atoms with Crippen molar-refractivity contribution in [1.82, 2.24) is 0 Å². The molecule has 0 aromatic heterocycles. The fraction of sp³-hybridized carbons (Fsp3) is 0.417. The minimum absolute atomic E-state index is 0.0149. The third-order valence-corrected chi connectivity index (χ3v) is 2.73. The first-order valence-electron chi connectivity index (χ1n) is 5.75. The highest BCUT2D eigenvalue weighted by molar-refractivity contribution is 5.92. The van der Waals surface area contributed by atoms with E-state index in [-0.39, 0.29) is 11.6 Å². The number of anilines is 1. The number of nitrogens with zero attached hydrogens (tertiary/aromatic N) is 1. The maximum Gasteiger partial charge on any atom is 0.193 e. The maximum absolute atomic E-state index is 13.3. The van der Waals surface area contributed by atoms with E-state index >= 15 is 0 Å². The lowest BCUT2D eigenvalue weighted by Gasteiger charge is -2.08. The number of halogens is 2. The van der Waals surface area contributed by atoms with Crippen LogP contribution in [-0.4, -0.2) is 25.7 Å². The molecule has 6 heteroatoms. The molecule has 1 saturated heterocycles. The maximum atomic E-state index is 13.3. The van der Waals surface area contributed by atoms with Crippen molar-refractivity contribution in [2.75, 3.05) is 25.1 Å². The summed E-state index contributed by atoms with van der Waals surface area (Å²) in [6.45, 7) is 1.94. The molecule has 3 N–H and O–H groups in total. The number of rotatable bonds is 3. The zero-order valence-electron chi connectivity index (χ0n) is 9.83. The van der Waals surface area contributed by atoms with Crippen molar-refractivity contribution in [3.8, 4) is 0 Å². The Bertz CT molecular complexity index is 445. The quantitative estimate of drug-likeness (QED) is 0.638. The van der Waals surface area contributed by atoms with Gasteiger partial charge in [0.05, 0.1) is 12.3 Å². The van der Waals surface area contributed by atoms with Crippen molar-refractivity contribution < 1.29 is 13.5 Å². The highest BCUT2D eigenvalue weighted by Crippen LogP contribution is 2.15. The Morgan fingerprint density at radius 3 is 3.06 bits per heavy atom. The lowest BCUT2D eigenvalue weighted by Crippen LogP contribution is -2.24. The standard InChI is InChI=1S/C12H15F2N3O/c13-9-1-2-10(14)11(5-9)17-12(15)16-6-8-3-4-18-7-8/h1-2,5,8H,3-4,6-7H2,(H3,15,16,17). The van der Waals surface area contributed by atoms with Crippen LogP contribution in [0.3, 0.4) is 0 Å². The predicted octanol–water partition coefficient (Wildman–Crippen LogP) is 1.73. The summed E-state index contributed by atoms with van der Waals surface area (Å²) in [6, 6.07) is 3.12. The summed E-state index contributed by atoms with van der Waals surface area (Å²) in [6.07, 6.45) is 0.950. The number of ether oxygens (including phenoxy) is 1. The molecule has 0 saturated carbocycles. The number of hydrogen-bond donors (Lipinski definition) is 2. The van der Waals surface area contributed by atoms with Gasteiger partial charge in [-0.1, -0.05) is 0 Å². The third-order valence-electron chi connectivity index (χ3n) is 2.73. The predicted molar refractivity (Wildman–Crippen MR) is 65.4 cm³/mol. The second-order valence-corrected chi connectivity index (χ2v) is 4.20. The lowest BCUT2D eigenvalue weighted by atomic mass is 10.1. The van der Waals surface area contributed by atoms with Gasteiger partial charge in [-0.2, -0.15) is 0 Å². The van der Waals surface area contributed by atoms with E-state index in [4.69, 9.17) is 10.5 Å². The molecule has 0 spiro atoms. The summed E-state index contributed by atoms with van der Waals surface area (Å²) in [4.78, 5) is 4.09. The van der Waals surface area contributed by atoms with Gasteiger partial charge in [-0.3, -0.25) is 4.99 Å². The van der Waals surface area contributed by atoms with E-state index in [1.165, 1.54) is 0 Å². The van der Waals surface area contributed by atoms with Gasteiger partial charge in [0.15, 0.2) is 5.96 Å². The van der Waals surface area contributed by atoms with E-state index in [0.717, 1.165) is 31.2 Å². The van der Waals surface area contributed by atoms with E-state index < -0.39 is 11.6 Å². The largest absolute Gasteiger partial charge is 0.381 e. The monoisotopic (exact) mass is 255 g/mol. The number of nitrogens with two attached hydrogens (primary N) is 1. The molecule has 2 rings (SSSR count). The molecular weight excluding hydrogens is 240 g/mol. The molecule has 1 aromatic carbocycles. The van der Waals surface area contributed by atoms with Gasteiger partial charge in [0.1, 0.15) is 11.6 Å². The van der Waals surface area contributed by atoms with Crippen molar-refractivity contribution in [1.29, 1.82) is 0 Å². The van der Waals surface area contributed by atoms with Crippen LogP contribution in [0.2, 0.25) is 0 Å². The van der Waals surface area contributed by atoms with Crippen LogP contribution < -0.4 is 11.1 Å². The van der Waals surface area contributed by atoms with Gasteiger partial charge in [-0.05, 0) is 18.6 Å². The number of aliphatic imine (C=N–C) groups is 1. The van der Waals surface area contributed by atoms with Crippen molar-refractivity contribution >= 4 is 11.6 Å². The molecule has 1 fully saturated rings. The van der Waals surface area contributed by atoms with Crippen molar-refractivity contribution in [3.05, 3.63) is 29.8 Å². The second-order valence-electron chi connectivity index (χ2n) is 4.20. The van der Waals surface area contributed by atoms with Crippen LogP contribution in [0.25, 0.3) is 0 Å². The molecule has 0 radical (unpaired) electrons. The Morgan fingerprint density at radius 1 is 1.50 bits per heavy atom. The number of nitrogens with one attached hydrogen (secondary N) is 1. The zero-order chi connectivity index (χ0) is 13.0. The van der Waals surface area contributed by atoms with Crippen molar-refractivity contribution in [3.63, 3.8) is 0 Å². The van der Waals surface area contributed by atoms with E-state index in [1.54, 1.807) is 0 Å². The van der Waals surface area contributed by atoms with Crippen LogP contribution >= 0.6 is 0 Å². The molecule has 0 bridgehead atoms. The van der Waals surface area contributed by atoms with Gasteiger partial charge < -0.3 is 15.8 Å². The van der Waals surface area contributed by atoms with Gasteiger partial charge >= 0.3 is 0 Å². The lowest BCUT2D eigenvalue weighted by molar-refractivity contribution is 0.187.